The largest absolute Gasteiger partial charge is 0.490 e. The van der Waals surface area contributed by atoms with Gasteiger partial charge in [-0.15, -0.1) is 6.58 Å². The minimum absolute atomic E-state index is 0.150. The van der Waals surface area contributed by atoms with Crippen molar-refractivity contribution in [3.8, 4) is 0 Å². The predicted octanol–water partition coefficient (Wildman–Crippen LogP) is 3.37. The zero-order valence-corrected chi connectivity index (χ0v) is 9.05. The summed E-state index contributed by atoms with van der Waals surface area (Å²) >= 11 is 0. The molecule has 2 unspecified atom stereocenters. The molecule has 0 amide bonds. The Hall–Kier alpha value is -0.810. The summed E-state index contributed by atoms with van der Waals surface area (Å²) in [6, 6.07) is 0. The van der Waals surface area contributed by atoms with E-state index in [9.17, 15) is 0 Å². The Labute approximate surface area is 81.6 Å². The maximum atomic E-state index is 5.64. The Kier molecular flexibility index (Phi) is 3.50. The third-order valence-corrected chi connectivity index (χ3v) is 3.04. The van der Waals surface area contributed by atoms with Crippen LogP contribution in [0.2, 0.25) is 0 Å². The van der Waals surface area contributed by atoms with Crippen molar-refractivity contribution >= 4 is 14.0 Å². The molecule has 1 aliphatic rings. The first-order valence-corrected chi connectivity index (χ1v) is 5.40. The Bertz CT molecular complexity index is 276. The summed E-state index contributed by atoms with van der Waals surface area (Å²) < 4.78 is 5.64. The highest BCUT2D eigenvalue weighted by atomic mass is 31.1. The first-order chi connectivity index (χ1) is 6.15. The molecule has 0 radical (unpaired) electrons. The molecule has 1 nitrogen and oxygen atoms in total. The maximum Gasteiger partial charge on any atom is 0.120 e. The molecule has 2 heteroatoms. The van der Waals surface area contributed by atoms with E-state index >= 15 is 0 Å². The molecular formula is C11H15OP. The van der Waals surface area contributed by atoms with E-state index in [2.05, 4.69) is 31.7 Å². The third-order valence-electron chi connectivity index (χ3n) is 2.19. The lowest BCUT2D eigenvalue weighted by molar-refractivity contribution is 0.111. The molecule has 0 fully saturated rings. The van der Waals surface area contributed by atoms with E-state index in [0.717, 1.165) is 11.3 Å². The number of allylic oxidation sites excluding steroid dienone is 1. The number of hydrogen-bond acceptors (Lipinski definition) is 1. The van der Waals surface area contributed by atoms with E-state index in [-0.39, 0.29) is 6.10 Å². The van der Waals surface area contributed by atoms with Crippen LogP contribution in [-0.4, -0.2) is 11.9 Å². The van der Waals surface area contributed by atoms with Gasteiger partial charge in [0, 0.05) is 11.5 Å². The van der Waals surface area contributed by atoms with Gasteiger partial charge in [0.2, 0.25) is 0 Å². The minimum atomic E-state index is 0.150. The highest BCUT2D eigenvalue weighted by molar-refractivity contribution is 7.45. The van der Waals surface area contributed by atoms with Crippen LogP contribution >= 0.6 is 8.20 Å². The lowest BCUT2D eigenvalue weighted by Crippen LogP contribution is -2.16. The van der Waals surface area contributed by atoms with Gasteiger partial charge < -0.3 is 4.74 Å². The average molecular weight is 194 g/mol. The van der Waals surface area contributed by atoms with Crippen molar-refractivity contribution < 1.29 is 4.74 Å². The third kappa shape index (κ3) is 2.57. The van der Waals surface area contributed by atoms with Crippen molar-refractivity contribution in [2.75, 3.05) is 0 Å². The lowest BCUT2D eigenvalue weighted by atomic mass is 10.1. The summed E-state index contributed by atoms with van der Waals surface area (Å²) in [5.41, 5.74) is 1.13. The van der Waals surface area contributed by atoms with Gasteiger partial charge >= 0.3 is 0 Å². The van der Waals surface area contributed by atoms with E-state index in [1.807, 2.05) is 13.0 Å². The number of hydrogen-bond donors (Lipinski definition) is 0. The molecule has 0 saturated heterocycles. The second kappa shape index (κ2) is 4.43. The van der Waals surface area contributed by atoms with E-state index in [1.54, 1.807) is 0 Å². The minimum Gasteiger partial charge on any atom is -0.490 e. The highest BCUT2D eigenvalue weighted by Crippen LogP contribution is 2.24. The molecule has 0 aromatic carbocycles. The van der Waals surface area contributed by atoms with Gasteiger partial charge in [-0.2, -0.15) is 0 Å². The standard InChI is InChI=1S/C11H15OP/c1-5-8(2)9(3)12-10(4)11-6-13-7-11/h5-9H,1,4H2,2-3H3. The van der Waals surface area contributed by atoms with Crippen molar-refractivity contribution in [3.05, 3.63) is 36.4 Å². The number of ether oxygens (including phenoxy) is 1. The van der Waals surface area contributed by atoms with Crippen molar-refractivity contribution in [3.63, 3.8) is 0 Å². The fourth-order valence-corrected chi connectivity index (χ4v) is 1.47. The van der Waals surface area contributed by atoms with Gasteiger partial charge in [0.25, 0.3) is 0 Å². The van der Waals surface area contributed by atoms with Gasteiger partial charge in [-0.05, 0) is 18.5 Å². The normalized spacial score (nSPS) is 19.4. The maximum absolute atomic E-state index is 5.64. The van der Waals surface area contributed by atoms with Gasteiger partial charge in [0.05, 0.1) is 0 Å². The monoisotopic (exact) mass is 194 g/mol. The fourth-order valence-electron chi connectivity index (χ4n) is 0.884. The van der Waals surface area contributed by atoms with Crippen LogP contribution in [0.3, 0.4) is 0 Å². The Balaban J connectivity index is 2.39. The second-order valence-electron chi connectivity index (χ2n) is 3.20. The molecule has 0 aliphatic carbocycles. The molecule has 1 heterocycles. The van der Waals surface area contributed by atoms with E-state index < -0.39 is 0 Å². The molecule has 0 saturated carbocycles. The Morgan fingerprint density at radius 3 is 2.62 bits per heavy atom. The zero-order chi connectivity index (χ0) is 9.84. The van der Waals surface area contributed by atoms with Crippen molar-refractivity contribution in [2.24, 2.45) is 5.92 Å². The molecule has 1 aliphatic heterocycles. The molecule has 0 spiro atoms. The molecule has 0 aromatic heterocycles. The van der Waals surface area contributed by atoms with Gasteiger partial charge in [0.1, 0.15) is 11.9 Å². The quantitative estimate of drug-likeness (QED) is 0.370. The molecule has 0 bridgehead atoms. The van der Waals surface area contributed by atoms with E-state index in [0.29, 0.717) is 5.92 Å². The van der Waals surface area contributed by atoms with Crippen molar-refractivity contribution in [1.29, 1.82) is 0 Å². The smallest absolute Gasteiger partial charge is 0.120 e. The molecule has 2 atom stereocenters. The predicted molar refractivity (Wildman–Crippen MR) is 60.1 cm³/mol. The fraction of sp³-hybridized carbons (Fsp3) is 0.364. The molecule has 70 valence electrons. The summed E-state index contributed by atoms with van der Waals surface area (Å²) in [5, 5.41) is 0. The summed E-state index contributed by atoms with van der Waals surface area (Å²) in [6.07, 6.45) is 2.05. The molecular weight excluding hydrogens is 179 g/mol. The first-order valence-electron chi connectivity index (χ1n) is 4.37. The first kappa shape index (κ1) is 10.3. The average Bonchev–Trinajstić information content (AvgIpc) is 1.99. The molecule has 0 N–H and O–H groups in total. The molecule has 13 heavy (non-hydrogen) atoms. The van der Waals surface area contributed by atoms with Crippen LogP contribution in [0.1, 0.15) is 13.8 Å². The van der Waals surface area contributed by atoms with Crippen LogP contribution in [0.5, 0.6) is 0 Å². The van der Waals surface area contributed by atoms with Crippen LogP contribution < -0.4 is 0 Å². The molecule has 1 rings (SSSR count). The van der Waals surface area contributed by atoms with Crippen LogP contribution in [0.15, 0.2) is 36.4 Å². The summed E-state index contributed by atoms with van der Waals surface area (Å²) in [6.45, 7) is 11.7. The summed E-state index contributed by atoms with van der Waals surface area (Å²) in [5.74, 6) is 5.32. The summed E-state index contributed by atoms with van der Waals surface area (Å²) in [7, 11) is 1.25. The van der Waals surface area contributed by atoms with E-state index in [4.69, 9.17) is 4.74 Å². The van der Waals surface area contributed by atoms with Gasteiger partial charge in [-0.3, -0.25) is 0 Å². The van der Waals surface area contributed by atoms with Crippen LogP contribution in [-0.2, 0) is 4.74 Å². The molecule has 0 aromatic rings. The van der Waals surface area contributed by atoms with Crippen LogP contribution in [0, 0.1) is 5.92 Å². The van der Waals surface area contributed by atoms with Crippen molar-refractivity contribution in [2.45, 2.75) is 20.0 Å². The van der Waals surface area contributed by atoms with Crippen LogP contribution in [0.4, 0.5) is 0 Å². The zero-order valence-electron chi connectivity index (χ0n) is 8.16. The number of rotatable bonds is 5. The summed E-state index contributed by atoms with van der Waals surface area (Å²) in [4.78, 5) is 0. The lowest BCUT2D eigenvalue weighted by Gasteiger charge is -2.21. The Morgan fingerprint density at radius 2 is 2.23 bits per heavy atom. The van der Waals surface area contributed by atoms with Gasteiger partial charge in [-0.25, -0.2) is 0 Å². The topological polar surface area (TPSA) is 9.23 Å². The van der Waals surface area contributed by atoms with E-state index in [1.165, 1.54) is 8.20 Å². The van der Waals surface area contributed by atoms with Crippen molar-refractivity contribution in [1.82, 2.24) is 0 Å². The van der Waals surface area contributed by atoms with Crippen LogP contribution in [0.25, 0.3) is 0 Å². The van der Waals surface area contributed by atoms with Gasteiger partial charge in [0.15, 0.2) is 0 Å². The van der Waals surface area contributed by atoms with Gasteiger partial charge in [-0.1, -0.05) is 27.8 Å². The second-order valence-corrected chi connectivity index (χ2v) is 4.02. The Morgan fingerprint density at radius 1 is 1.62 bits per heavy atom. The SMILES string of the molecule is C=CC(C)C(C)OC(=C)C1=CP=C1. The highest BCUT2D eigenvalue weighted by Gasteiger charge is 2.13.